The molecule has 132 valence electrons. The molecule has 4 fully saturated rings. The third-order valence-corrected chi connectivity index (χ3v) is 9.47. The van der Waals surface area contributed by atoms with Gasteiger partial charge in [-0.3, -0.25) is 4.79 Å². The maximum atomic E-state index is 11.9. The third kappa shape index (κ3) is 1.65. The van der Waals surface area contributed by atoms with Gasteiger partial charge in [0.15, 0.2) is 5.78 Å². The van der Waals surface area contributed by atoms with Gasteiger partial charge in [-0.1, -0.05) is 19.4 Å². The van der Waals surface area contributed by atoms with E-state index in [0.29, 0.717) is 35.1 Å². The highest BCUT2D eigenvalue weighted by Crippen LogP contribution is 2.84. The van der Waals surface area contributed by atoms with Gasteiger partial charge in [-0.15, -0.1) is 0 Å². The van der Waals surface area contributed by atoms with Gasteiger partial charge in [-0.2, -0.15) is 0 Å². The standard InChI is InChI=1S/C22H32O2/c1-3-21-7-6-19-18-5-4-17(24)9-14(18)8-13(2)20(19)22(21)11-15(22)10-16(21)12-23/h9,13,15-16,18-20,23H,3-8,10-12H2,1-2H3/t13-,15+,16+,18+,19-,20-,21-,22-/m1/s1. The summed E-state index contributed by atoms with van der Waals surface area (Å²) in [7, 11) is 0. The zero-order valence-electron chi connectivity index (χ0n) is 15.3. The lowest BCUT2D eigenvalue weighted by Crippen LogP contribution is -2.53. The number of allylic oxidation sites excluding steroid dienone is 1. The zero-order chi connectivity index (χ0) is 16.7. The second kappa shape index (κ2) is 4.96. The Bertz CT molecular complexity index is 607. The van der Waals surface area contributed by atoms with Crippen molar-refractivity contribution in [2.75, 3.05) is 6.61 Å². The SMILES string of the molecule is CC[C@]12CC[C@H]3[C@@H]([C@H](C)CC4=CC(=O)CC[C@@H]43)[C@]13C[C@@H]3C[C@H]2CO. The molecule has 0 aliphatic heterocycles. The smallest absolute Gasteiger partial charge is 0.155 e. The minimum atomic E-state index is 0.370. The maximum Gasteiger partial charge on any atom is 0.155 e. The number of rotatable bonds is 2. The fourth-order valence-corrected chi connectivity index (χ4v) is 8.86. The Morgan fingerprint density at radius 1 is 1.33 bits per heavy atom. The highest BCUT2D eigenvalue weighted by atomic mass is 16.3. The molecule has 1 N–H and O–H groups in total. The van der Waals surface area contributed by atoms with Crippen molar-refractivity contribution < 1.29 is 9.90 Å². The Hall–Kier alpha value is -0.630. The number of carbonyl (C=O) groups is 1. The Morgan fingerprint density at radius 2 is 2.17 bits per heavy atom. The van der Waals surface area contributed by atoms with Gasteiger partial charge in [0.05, 0.1) is 0 Å². The molecule has 0 bridgehead atoms. The van der Waals surface area contributed by atoms with Crippen LogP contribution in [0.4, 0.5) is 0 Å². The number of aliphatic hydroxyl groups is 1. The van der Waals surface area contributed by atoms with E-state index in [9.17, 15) is 9.90 Å². The van der Waals surface area contributed by atoms with Crippen LogP contribution in [0.3, 0.4) is 0 Å². The van der Waals surface area contributed by atoms with Crippen LogP contribution in [-0.2, 0) is 4.79 Å². The summed E-state index contributed by atoms with van der Waals surface area (Å²) in [6, 6.07) is 0. The van der Waals surface area contributed by atoms with Crippen LogP contribution in [0.5, 0.6) is 0 Å². The Labute approximate surface area is 146 Å². The fraction of sp³-hybridized carbons (Fsp3) is 0.864. The molecule has 4 saturated carbocycles. The molecule has 1 spiro atoms. The van der Waals surface area contributed by atoms with Crippen molar-refractivity contribution in [3.63, 3.8) is 0 Å². The molecule has 0 unspecified atom stereocenters. The van der Waals surface area contributed by atoms with Crippen molar-refractivity contribution in [2.45, 2.75) is 65.2 Å². The minimum absolute atomic E-state index is 0.370. The van der Waals surface area contributed by atoms with Crippen molar-refractivity contribution in [2.24, 2.45) is 46.3 Å². The second-order valence-electron chi connectivity index (χ2n) is 9.81. The molecular formula is C22H32O2. The van der Waals surface area contributed by atoms with E-state index in [1.165, 1.54) is 37.7 Å². The highest BCUT2D eigenvalue weighted by molar-refractivity contribution is 5.91. The average molecular weight is 328 g/mol. The summed E-state index contributed by atoms with van der Waals surface area (Å²) in [5.74, 6) is 4.90. The van der Waals surface area contributed by atoms with Crippen molar-refractivity contribution >= 4 is 5.78 Å². The summed E-state index contributed by atoms with van der Waals surface area (Å²) in [6.07, 6.45) is 11.7. The first-order chi connectivity index (χ1) is 11.6. The van der Waals surface area contributed by atoms with E-state index in [1.54, 1.807) is 0 Å². The van der Waals surface area contributed by atoms with Gasteiger partial charge in [-0.05, 0) is 97.4 Å². The Balaban J connectivity index is 1.56. The lowest BCUT2D eigenvalue weighted by Gasteiger charge is -2.59. The number of ketones is 1. The van der Waals surface area contributed by atoms with Gasteiger partial charge < -0.3 is 5.11 Å². The molecule has 0 radical (unpaired) electrons. The van der Waals surface area contributed by atoms with Gasteiger partial charge in [0.25, 0.3) is 0 Å². The summed E-state index contributed by atoms with van der Waals surface area (Å²) in [5.41, 5.74) is 2.46. The molecule has 0 saturated heterocycles. The Morgan fingerprint density at radius 3 is 2.92 bits per heavy atom. The van der Waals surface area contributed by atoms with E-state index in [4.69, 9.17) is 0 Å². The molecule has 0 aromatic rings. The van der Waals surface area contributed by atoms with Crippen molar-refractivity contribution in [3.05, 3.63) is 11.6 Å². The summed E-state index contributed by atoms with van der Waals surface area (Å²) in [5, 5.41) is 10.1. The molecule has 24 heavy (non-hydrogen) atoms. The van der Waals surface area contributed by atoms with E-state index in [1.807, 2.05) is 6.08 Å². The molecule has 0 aromatic carbocycles. The normalized spacial score (nSPS) is 55.1. The molecule has 5 aliphatic rings. The van der Waals surface area contributed by atoms with E-state index < -0.39 is 0 Å². The molecule has 8 atom stereocenters. The third-order valence-electron chi connectivity index (χ3n) is 9.47. The van der Waals surface area contributed by atoms with E-state index >= 15 is 0 Å². The van der Waals surface area contributed by atoms with E-state index in [-0.39, 0.29) is 0 Å². The highest BCUT2D eigenvalue weighted by Gasteiger charge is 2.78. The van der Waals surface area contributed by atoms with Crippen LogP contribution in [0.2, 0.25) is 0 Å². The Kier molecular flexibility index (Phi) is 3.23. The predicted molar refractivity (Wildman–Crippen MR) is 94.3 cm³/mol. The predicted octanol–water partition coefficient (Wildman–Crippen LogP) is 4.37. The van der Waals surface area contributed by atoms with Gasteiger partial charge in [0.1, 0.15) is 0 Å². The maximum absolute atomic E-state index is 11.9. The van der Waals surface area contributed by atoms with Gasteiger partial charge in [0, 0.05) is 13.0 Å². The van der Waals surface area contributed by atoms with Crippen molar-refractivity contribution in [1.82, 2.24) is 0 Å². The zero-order valence-corrected chi connectivity index (χ0v) is 15.3. The van der Waals surface area contributed by atoms with Crippen LogP contribution in [0.15, 0.2) is 11.6 Å². The average Bonchev–Trinajstić information content (AvgIpc) is 3.20. The quantitative estimate of drug-likeness (QED) is 0.817. The molecule has 0 amide bonds. The first-order valence-electron chi connectivity index (χ1n) is 10.4. The summed E-state index contributed by atoms with van der Waals surface area (Å²) in [4.78, 5) is 11.9. The van der Waals surface area contributed by atoms with Crippen molar-refractivity contribution in [3.8, 4) is 0 Å². The number of hydrogen-bond acceptors (Lipinski definition) is 2. The van der Waals surface area contributed by atoms with Crippen LogP contribution >= 0.6 is 0 Å². The number of carbonyl (C=O) groups excluding carboxylic acids is 1. The topological polar surface area (TPSA) is 37.3 Å². The minimum Gasteiger partial charge on any atom is -0.396 e. The van der Waals surface area contributed by atoms with Crippen LogP contribution < -0.4 is 0 Å². The lowest BCUT2D eigenvalue weighted by atomic mass is 9.45. The van der Waals surface area contributed by atoms with Gasteiger partial charge in [-0.25, -0.2) is 0 Å². The first kappa shape index (κ1) is 15.6. The van der Waals surface area contributed by atoms with Crippen LogP contribution in [0.25, 0.3) is 0 Å². The van der Waals surface area contributed by atoms with Gasteiger partial charge in [0.2, 0.25) is 0 Å². The van der Waals surface area contributed by atoms with E-state index in [2.05, 4.69) is 13.8 Å². The monoisotopic (exact) mass is 328 g/mol. The summed E-state index contributed by atoms with van der Waals surface area (Å²) in [6.45, 7) is 5.26. The molecule has 0 heterocycles. The number of fused-ring (bicyclic) bond motifs is 3. The molecule has 5 aliphatic carbocycles. The first-order valence-corrected chi connectivity index (χ1v) is 10.4. The summed E-state index contributed by atoms with van der Waals surface area (Å²) < 4.78 is 0. The molecular weight excluding hydrogens is 296 g/mol. The van der Waals surface area contributed by atoms with Crippen molar-refractivity contribution in [1.29, 1.82) is 0 Å². The second-order valence-corrected chi connectivity index (χ2v) is 9.81. The molecule has 5 rings (SSSR count). The van der Waals surface area contributed by atoms with E-state index in [0.717, 1.165) is 42.9 Å². The van der Waals surface area contributed by atoms with Crippen LogP contribution in [0, 0.1) is 46.3 Å². The molecule has 2 nitrogen and oxygen atoms in total. The number of aliphatic hydroxyl groups excluding tert-OH is 1. The number of hydrogen-bond donors (Lipinski definition) is 1. The molecule has 0 aromatic heterocycles. The van der Waals surface area contributed by atoms with Crippen LogP contribution in [0.1, 0.15) is 65.2 Å². The fourth-order valence-electron chi connectivity index (χ4n) is 8.86. The summed E-state index contributed by atoms with van der Waals surface area (Å²) >= 11 is 0. The van der Waals surface area contributed by atoms with Crippen LogP contribution in [-0.4, -0.2) is 17.5 Å². The van der Waals surface area contributed by atoms with Gasteiger partial charge >= 0.3 is 0 Å². The largest absolute Gasteiger partial charge is 0.396 e. The lowest BCUT2D eigenvalue weighted by molar-refractivity contribution is -0.118. The molecule has 2 heteroatoms.